The SMILES string of the molecule is COc1ccc(/C(=C\c2ccc(OC)c(OC)c2)CO)cc1. The molecule has 0 aliphatic heterocycles. The normalized spacial score (nSPS) is 11.2. The first-order chi connectivity index (χ1) is 10.7. The number of aliphatic hydroxyl groups excluding tert-OH is 1. The predicted molar refractivity (Wildman–Crippen MR) is 87.5 cm³/mol. The molecule has 0 atom stereocenters. The fraction of sp³-hybridized carbons (Fsp3) is 0.222. The minimum atomic E-state index is -0.0549. The second kappa shape index (κ2) is 7.52. The van der Waals surface area contributed by atoms with Gasteiger partial charge in [0.25, 0.3) is 0 Å². The summed E-state index contributed by atoms with van der Waals surface area (Å²) in [6.07, 6.45) is 1.92. The molecule has 2 aromatic rings. The average Bonchev–Trinajstić information content (AvgIpc) is 2.59. The molecule has 2 rings (SSSR count). The minimum absolute atomic E-state index is 0.0549. The highest BCUT2D eigenvalue weighted by molar-refractivity contribution is 5.82. The number of methoxy groups -OCH3 is 3. The molecule has 0 spiro atoms. The van der Waals surface area contributed by atoms with Gasteiger partial charge in [0.15, 0.2) is 11.5 Å². The van der Waals surface area contributed by atoms with Crippen LogP contribution in [0, 0.1) is 0 Å². The quantitative estimate of drug-likeness (QED) is 0.832. The Balaban J connectivity index is 2.35. The lowest BCUT2D eigenvalue weighted by Gasteiger charge is -2.09. The van der Waals surface area contributed by atoms with Crippen molar-refractivity contribution in [2.45, 2.75) is 0 Å². The molecule has 0 bridgehead atoms. The van der Waals surface area contributed by atoms with E-state index in [1.807, 2.05) is 48.5 Å². The topological polar surface area (TPSA) is 47.9 Å². The molecule has 2 aromatic carbocycles. The van der Waals surface area contributed by atoms with E-state index in [1.54, 1.807) is 21.3 Å². The van der Waals surface area contributed by atoms with Gasteiger partial charge in [-0.05, 0) is 47.0 Å². The Kier molecular flexibility index (Phi) is 5.44. The minimum Gasteiger partial charge on any atom is -0.497 e. The molecular weight excluding hydrogens is 280 g/mol. The molecule has 0 aliphatic rings. The second-order valence-electron chi connectivity index (χ2n) is 4.67. The van der Waals surface area contributed by atoms with E-state index < -0.39 is 0 Å². The van der Waals surface area contributed by atoms with Crippen molar-refractivity contribution in [2.24, 2.45) is 0 Å². The molecule has 0 amide bonds. The zero-order valence-corrected chi connectivity index (χ0v) is 13.0. The lowest BCUT2D eigenvalue weighted by Crippen LogP contribution is -1.93. The zero-order valence-electron chi connectivity index (χ0n) is 13.0. The third-order valence-corrected chi connectivity index (χ3v) is 3.38. The largest absolute Gasteiger partial charge is 0.497 e. The van der Waals surface area contributed by atoms with Gasteiger partial charge in [0.2, 0.25) is 0 Å². The van der Waals surface area contributed by atoms with Gasteiger partial charge in [-0.15, -0.1) is 0 Å². The predicted octanol–water partition coefficient (Wildman–Crippen LogP) is 3.25. The van der Waals surface area contributed by atoms with Gasteiger partial charge in [0.1, 0.15) is 5.75 Å². The maximum atomic E-state index is 9.64. The average molecular weight is 300 g/mol. The van der Waals surface area contributed by atoms with E-state index in [2.05, 4.69) is 0 Å². The van der Waals surface area contributed by atoms with Crippen LogP contribution in [-0.2, 0) is 0 Å². The smallest absolute Gasteiger partial charge is 0.161 e. The summed E-state index contributed by atoms with van der Waals surface area (Å²) >= 11 is 0. The molecule has 4 nitrogen and oxygen atoms in total. The molecular formula is C18H20O4. The molecule has 116 valence electrons. The third-order valence-electron chi connectivity index (χ3n) is 3.38. The summed E-state index contributed by atoms with van der Waals surface area (Å²) in [6.45, 7) is -0.0549. The van der Waals surface area contributed by atoms with E-state index in [-0.39, 0.29) is 6.61 Å². The van der Waals surface area contributed by atoms with Crippen molar-refractivity contribution in [1.29, 1.82) is 0 Å². The number of hydrogen-bond donors (Lipinski definition) is 1. The van der Waals surface area contributed by atoms with E-state index >= 15 is 0 Å². The van der Waals surface area contributed by atoms with Crippen LogP contribution >= 0.6 is 0 Å². The Morgan fingerprint density at radius 2 is 1.59 bits per heavy atom. The summed E-state index contributed by atoms with van der Waals surface area (Å²) in [5, 5.41) is 9.64. The molecule has 22 heavy (non-hydrogen) atoms. The molecule has 0 saturated carbocycles. The first-order valence-corrected chi connectivity index (χ1v) is 6.89. The Hall–Kier alpha value is -2.46. The molecule has 1 N–H and O–H groups in total. The van der Waals surface area contributed by atoms with Crippen LogP contribution < -0.4 is 14.2 Å². The highest BCUT2D eigenvalue weighted by Gasteiger charge is 2.06. The standard InChI is InChI=1S/C18H20O4/c1-20-16-7-5-14(6-8-16)15(12-19)10-13-4-9-17(21-2)18(11-13)22-3/h4-11,19H,12H2,1-3H3/b15-10-. The van der Waals surface area contributed by atoms with Gasteiger partial charge in [-0.3, -0.25) is 0 Å². The van der Waals surface area contributed by atoms with Crippen LogP contribution in [0.25, 0.3) is 11.6 Å². The van der Waals surface area contributed by atoms with Crippen LogP contribution in [0.1, 0.15) is 11.1 Å². The third kappa shape index (κ3) is 3.59. The number of rotatable bonds is 6. The summed E-state index contributed by atoms with van der Waals surface area (Å²) in [4.78, 5) is 0. The van der Waals surface area contributed by atoms with Crippen molar-refractivity contribution >= 4 is 11.6 Å². The lowest BCUT2D eigenvalue weighted by molar-refractivity contribution is 0.350. The van der Waals surface area contributed by atoms with Crippen LogP contribution in [0.2, 0.25) is 0 Å². The van der Waals surface area contributed by atoms with Gasteiger partial charge >= 0.3 is 0 Å². The van der Waals surface area contributed by atoms with Crippen LogP contribution in [0.5, 0.6) is 17.2 Å². The van der Waals surface area contributed by atoms with Crippen molar-refractivity contribution in [3.63, 3.8) is 0 Å². The second-order valence-corrected chi connectivity index (χ2v) is 4.67. The first-order valence-electron chi connectivity index (χ1n) is 6.89. The Morgan fingerprint density at radius 3 is 2.14 bits per heavy atom. The van der Waals surface area contributed by atoms with Crippen molar-refractivity contribution in [3.8, 4) is 17.2 Å². The van der Waals surface area contributed by atoms with Gasteiger partial charge in [0, 0.05) is 0 Å². The van der Waals surface area contributed by atoms with Crippen LogP contribution in [0.15, 0.2) is 42.5 Å². The van der Waals surface area contributed by atoms with Gasteiger partial charge in [0.05, 0.1) is 27.9 Å². The zero-order chi connectivity index (χ0) is 15.9. The Bertz CT molecular complexity index is 645. The highest BCUT2D eigenvalue weighted by Crippen LogP contribution is 2.29. The highest BCUT2D eigenvalue weighted by atomic mass is 16.5. The van der Waals surface area contributed by atoms with Crippen LogP contribution in [0.4, 0.5) is 0 Å². The van der Waals surface area contributed by atoms with E-state index in [0.29, 0.717) is 11.5 Å². The lowest BCUT2D eigenvalue weighted by atomic mass is 10.0. The fourth-order valence-electron chi connectivity index (χ4n) is 2.17. The maximum Gasteiger partial charge on any atom is 0.161 e. The maximum absolute atomic E-state index is 9.64. The Labute approximate surface area is 130 Å². The molecule has 0 unspecified atom stereocenters. The van der Waals surface area contributed by atoms with Crippen LogP contribution in [0.3, 0.4) is 0 Å². The molecule has 0 fully saturated rings. The summed E-state index contributed by atoms with van der Waals surface area (Å²) in [5.74, 6) is 2.12. The monoisotopic (exact) mass is 300 g/mol. The van der Waals surface area contributed by atoms with Gasteiger partial charge in [-0.25, -0.2) is 0 Å². The first kappa shape index (κ1) is 15.9. The summed E-state index contributed by atoms with van der Waals surface area (Å²) in [6, 6.07) is 13.2. The van der Waals surface area contributed by atoms with Gasteiger partial charge < -0.3 is 19.3 Å². The number of aliphatic hydroxyl groups is 1. The molecule has 0 saturated heterocycles. The summed E-state index contributed by atoms with van der Waals surface area (Å²) in [5.41, 5.74) is 2.69. The van der Waals surface area contributed by atoms with Gasteiger partial charge in [-0.2, -0.15) is 0 Å². The molecule has 0 aromatic heterocycles. The van der Waals surface area contributed by atoms with Crippen molar-refractivity contribution in [1.82, 2.24) is 0 Å². The van der Waals surface area contributed by atoms with Crippen molar-refractivity contribution < 1.29 is 19.3 Å². The molecule has 0 aliphatic carbocycles. The number of benzene rings is 2. The molecule has 0 heterocycles. The molecule has 4 heteroatoms. The van der Waals surface area contributed by atoms with Crippen molar-refractivity contribution in [2.75, 3.05) is 27.9 Å². The summed E-state index contributed by atoms with van der Waals surface area (Å²) < 4.78 is 15.7. The van der Waals surface area contributed by atoms with E-state index in [1.165, 1.54) is 0 Å². The summed E-state index contributed by atoms with van der Waals surface area (Å²) in [7, 11) is 4.83. The van der Waals surface area contributed by atoms with Crippen LogP contribution in [-0.4, -0.2) is 33.0 Å². The number of hydrogen-bond acceptors (Lipinski definition) is 4. The number of ether oxygens (including phenoxy) is 3. The van der Waals surface area contributed by atoms with E-state index in [0.717, 1.165) is 22.4 Å². The fourth-order valence-corrected chi connectivity index (χ4v) is 2.17. The van der Waals surface area contributed by atoms with E-state index in [4.69, 9.17) is 14.2 Å². The van der Waals surface area contributed by atoms with Crippen molar-refractivity contribution in [3.05, 3.63) is 53.6 Å². The van der Waals surface area contributed by atoms with E-state index in [9.17, 15) is 5.11 Å². The molecule has 0 radical (unpaired) electrons. The van der Waals surface area contributed by atoms with Gasteiger partial charge in [-0.1, -0.05) is 18.2 Å². The Morgan fingerprint density at radius 1 is 0.909 bits per heavy atom.